The third-order valence-corrected chi connectivity index (χ3v) is 4.22. The van der Waals surface area contributed by atoms with E-state index >= 15 is 0 Å². The Morgan fingerprint density at radius 3 is 2.44 bits per heavy atom. The summed E-state index contributed by atoms with van der Waals surface area (Å²) in [7, 11) is 1.91. The lowest BCUT2D eigenvalue weighted by Gasteiger charge is -2.25. The van der Waals surface area contributed by atoms with Crippen LogP contribution in [-0.4, -0.2) is 20.1 Å². The van der Waals surface area contributed by atoms with Crippen LogP contribution >= 0.6 is 0 Å². The lowest BCUT2D eigenvalue weighted by Crippen LogP contribution is -2.25. The van der Waals surface area contributed by atoms with Gasteiger partial charge in [0.25, 0.3) is 0 Å². The molecule has 0 saturated carbocycles. The number of nitrogens with one attached hydrogen (secondary N) is 1. The van der Waals surface area contributed by atoms with Gasteiger partial charge in [-0.1, -0.05) is 26.0 Å². The zero-order valence-electron chi connectivity index (χ0n) is 11.7. The maximum Gasteiger partial charge on any atom is 0.146 e. The van der Waals surface area contributed by atoms with Crippen LogP contribution in [0.3, 0.4) is 0 Å². The molecule has 1 aliphatic rings. The number of benzene rings is 1. The number of hydrogen-bond donors (Lipinski definition) is 1. The smallest absolute Gasteiger partial charge is 0.146 e. The van der Waals surface area contributed by atoms with Crippen LogP contribution in [0, 0.1) is 17.7 Å². The van der Waals surface area contributed by atoms with E-state index in [-0.39, 0.29) is 11.9 Å². The Morgan fingerprint density at radius 1 is 1.28 bits per heavy atom. The van der Waals surface area contributed by atoms with E-state index in [4.69, 9.17) is 0 Å². The minimum Gasteiger partial charge on any atom is -0.368 e. The third kappa shape index (κ3) is 2.37. The van der Waals surface area contributed by atoms with Crippen LogP contribution < -0.4 is 10.2 Å². The molecule has 2 nitrogen and oxygen atoms in total. The van der Waals surface area contributed by atoms with Gasteiger partial charge in [-0.05, 0) is 37.4 Å². The topological polar surface area (TPSA) is 15.3 Å². The van der Waals surface area contributed by atoms with Crippen LogP contribution in [-0.2, 0) is 0 Å². The van der Waals surface area contributed by atoms with E-state index in [1.165, 1.54) is 0 Å². The highest BCUT2D eigenvalue weighted by atomic mass is 19.1. The normalized spacial score (nSPS) is 25.5. The van der Waals surface area contributed by atoms with Crippen molar-refractivity contribution in [1.29, 1.82) is 0 Å². The van der Waals surface area contributed by atoms with Crippen molar-refractivity contribution in [3.8, 4) is 0 Å². The summed E-state index contributed by atoms with van der Waals surface area (Å²) >= 11 is 0. The van der Waals surface area contributed by atoms with Gasteiger partial charge in [0.2, 0.25) is 0 Å². The summed E-state index contributed by atoms with van der Waals surface area (Å²) in [6, 6.07) is 5.55. The summed E-state index contributed by atoms with van der Waals surface area (Å²) in [4.78, 5) is 2.20. The fourth-order valence-electron chi connectivity index (χ4n) is 2.68. The Morgan fingerprint density at radius 2 is 1.89 bits per heavy atom. The minimum absolute atomic E-state index is 0.101. The Balaban J connectivity index is 2.37. The zero-order chi connectivity index (χ0) is 13.3. The predicted octanol–water partition coefficient (Wildman–Crippen LogP) is 3.20. The molecular formula is C15H23FN2. The molecule has 1 N–H and O–H groups in total. The molecule has 1 aromatic carbocycles. The molecule has 3 unspecified atom stereocenters. The molecule has 2 rings (SSSR count). The van der Waals surface area contributed by atoms with Gasteiger partial charge < -0.3 is 10.2 Å². The van der Waals surface area contributed by atoms with E-state index in [0.29, 0.717) is 11.8 Å². The van der Waals surface area contributed by atoms with Crippen molar-refractivity contribution in [2.45, 2.75) is 26.8 Å². The second kappa shape index (κ2) is 5.27. The average molecular weight is 250 g/mol. The fourth-order valence-corrected chi connectivity index (χ4v) is 2.68. The maximum atomic E-state index is 14.2. The first-order valence-electron chi connectivity index (χ1n) is 6.75. The fraction of sp³-hybridized carbons (Fsp3) is 0.600. The summed E-state index contributed by atoms with van der Waals surface area (Å²) < 4.78 is 14.2. The molecule has 18 heavy (non-hydrogen) atoms. The zero-order valence-corrected chi connectivity index (χ0v) is 11.7. The predicted molar refractivity (Wildman–Crippen MR) is 74.4 cm³/mol. The van der Waals surface area contributed by atoms with Gasteiger partial charge in [-0.2, -0.15) is 0 Å². The summed E-state index contributed by atoms with van der Waals surface area (Å²) in [5.41, 5.74) is 1.84. The van der Waals surface area contributed by atoms with Gasteiger partial charge >= 0.3 is 0 Å². The average Bonchev–Trinajstić information content (AvgIpc) is 2.68. The standard InChI is InChI=1S/C15H23FN2/c1-10-8-18(9-11(10)2)15-13(12(3)17-4)6-5-7-14(15)16/h5-7,10-12,17H,8-9H2,1-4H3. The number of anilines is 1. The Hall–Kier alpha value is -1.09. The second-order valence-corrected chi connectivity index (χ2v) is 5.55. The molecule has 1 saturated heterocycles. The lowest BCUT2D eigenvalue weighted by molar-refractivity contribution is 0.494. The van der Waals surface area contributed by atoms with Crippen LogP contribution in [0.15, 0.2) is 18.2 Å². The molecule has 100 valence electrons. The van der Waals surface area contributed by atoms with Crippen molar-refractivity contribution in [2.24, 2.45) is 11.8 Å². The van der Waals surface area contributed by atoms with E-state index in [1.54, 1.807) is 12.1 Å². The van der Waals surface area contributed by atoms with E-state index in [2.05, 4.69) is 31.0 Å². The van der Waals surface area contributed by atoms with Crippen LogP contribution in [0.4, 0.5) is 10.1 Å². The first kappa shape index (κ1) is 13.3. The number of halogens is 1. The maximum absolute atomic E-state index is 14.2. The molecule has 0 bridgehead atoms. The quantitative estimate of drug-likeness (QED) is 0.886. The number of hydrogen-bond acceptors (Lipinski definition) is 2. The summed E-state index contributed by atoms with van der Waals surface area (Å²) in [5.74, 6) is 1.15. The van der Waals surface area contributed by atoms with Crippen molar-refractivity contribution in [1.82, 2.24) is 5.32 Å². The van der Waals surface area contributed by atoms with Gasteiger partial charge in [0, 0.05) is 19.1 Å². The monoisotopic (exact) mass is 250 g/mol. The first-order chi connectivity index (χ1) is 8.54. The molecule has 1 fully saturated rings. The molecule has 1 aromatic rings. The minimum atomic E-state index is -0.101. The van der Waals surface area contributed by atoms with Crippen LogP contribution in [0.2, 0.25) is 0 Å². The van der Waals surface area contributed by atoms with E-state index < -0.39 is 0 Å². The van der Waals surface area contributed by atoms with Gasteiger partial charge in [-0.25, -0.2) is 4.39 Å². The molecule has 3 heteroatoms. The molecule has 0 amide bonds. The Kier molecular flexibility index (Phi) is 3.91. The second-order valence-electron chi connectivity index (χ2n) is 5.55. The van der Waals surface area contributed by atoms with Crippen molar-refractivity contribution < 1.29 is 4.39 Å². The van der Waals surface area contributed by atoms with E-state index in [9.17, 15) is 4.39 Å². The van der Waals surface area contributed by atoms with E-state index in [0.717, 1.165) is 24.3 Å². The van der Waals surface area contributed by atoms with Gasteiger partial charge in [0.15, 0.2) is 0 Å². The molecule has 0 aliphatic carbocycles. The molecule has 0 aromatic heterocycles. The van der Waals surface area contributed by atoms with E-state index in [1.807, 2.05) is 13.1 Å². The van der Waals surface area contributed by atoms with Crippen LogP contribution in [0.25, 0.3) is 0 Å². The van der Waals surface area contributed by atoms with Gasteiger partial charge in [-0.3, -0.25) is 0 Å². The van der Waals surface area contributed by atoms with Gasteiger partial charge in [-0.15, -0.1) is 0 Å². The molecule has 0 spiro atoms. The number of nitrogens with zero attached hydrogens (tertiary/aromatic N) is 1. The van der Waals surface area contributed by atoms with Crippen molar-refractivity contribution in [3.63, 3.8) is 0 Å². The Labute approximate surface area is 109 Å². The molecular weight excluding hydrogens is 227 g/mol. The summed E-state index contributed by atoms with van der Waals surface area (Å²) in [6.45, 7) is 8.46. The van der Waals surface area contributed by atoms with Crippen LogP contribution in [0.5, 0.6) is 0 Å². The largest absolute Gasteiger partial charge is 0.368 e. The van der Waals surface area contributed by atoms with Gasteiger partial charge in [0.1, 0.15) is 5.82 Å². The van der Waals surface area contributed by atoms with Crippen molar-refractivity contribution in [3.05, 3.63) is 29.6 Å². The highest BCUT2D eigenvalue weighted by Crippen LogP contribution is 2.34. The number of rotatable bonds is 3. The van der Waals surface area contributed by atoms with Crippen molar-refractivity contribution in [2.75, 3.05) is 25.0 Å². The van der Waals surface area contributed by atoms with Crippen molar-refractivity contribution >= 4 is 5.69 Å². The Bertz CT molecular complexity index is 409. The SMILES string of the molecule is CNC(C)c1cccc(F)c1N1CC(C)C(C)C1. The summed E-state index contributed by atoms with van der Waals surface area (Å²) in [5, 5.41) is 3.20. The number of para-hydroxylation sites is 1. The molecule has 3 atom stereocenters. The molecule has 0 radical (unpaired) electrons. The van der Waals surface area contributed by atoms with Crippen LogP contribution in [0.1, 0.15) is 32.4 Å². The molecule has 1 heterocycles. The third-order valence-electron chi connectivity index (χ3n) is 4.22. The first-order valence-corrected chi connectivity index (χ1v) is 6.75. The van der Waals surface area contributed by atoms with Gasteiger partial charge in [0.05, 0.1) is 5.69 Å². The summed E-state index contributed by atoms with van der Waals surface area (Å²) in [6.07, 6.45) is 0. The highest BCUT2D eigenvalue weighted by Gasteiger charge is 2.29. The highest BCUT2D eigenvalue weighted by molar-refractivity contribution is 5.57. The molecule has 1 aliphatic heterocycles. The lowest BCUT2D eigenvalue weighted by atomic mass is 10.0.